The maximum atomic E-state index is 12.2. The fourth-order valence-electron chi connectivity index (χ4n) is 1.94. The number of anilines is 1. The molecule has 1 amide bonds. The Morgan fingerprint density at radius 3 is 2.74 bits per heavy atom. The Hall–Kier alpha value is -2.21. The zero-order valence-corrected chi connectivity index (χ0v) is 11.4. The van der Waals surface area contributed by atoms with Gasteiger partial charge in [-0.25, -0.2) is 9.50 Å². The number of rotatable bonds is 2. The number of nitrogens with one attached hydrogen (secondary N) is 1. The van der Waals surface area contributed by atoms with E-state index in [9.17, 15) is 4.79 Å². The number of aromatic nitrogens is 3. The van der Waals surface area contributed by atoms with Gasteiger partial charge >= 0.3 is 0 Å². The number of nitrogens with zero attached hydrogens (tertiary/aromatic N) is 3. The Morgan fingerprint density at radius 1 is 1.32 bits per heavy atom. The zero-order valence-electron chi connectivity index (χ0n) is 10.5. The molecular formula is C13H12N4OS. The van der Waals surface area contributed by atoms with Crippen LogP contribution >= 0.6 is 11.3 Å². The van der Waals surface area contributed by atoms with Gasteiger partial charge in [-0.05, 0) is 25.0 Å². The summed E-state index contributed by atoms with van der Waals surface area (Å²) in [6.45, 7) is 3.94. The van der Waals surface area contributed by atoms with Gasteiger partial charge in [0.1, 0.15) is 11.2 Å². The molecule has 1 aromatic carbocycles. The maximum absolute atomic E-state index is 12.2. The summed E-state index contributed by atoms with van der Waals surface area (Å²) in [6.07, 6.45) is 1.63. The Labute approximate surface area is 113 Å². The molecule has 19 heavy (non-hydrogen) atoms. The van der Waals surface area contributed by atoms with E-state index in [1.165, 1.54) is 11.3 Å². The molecular weight excluding hydrogens is 260 g/mol. The number of aryl methyl sites for hydroxylation is 2. The molecule has 6 heteroatoms. The van der Waals surface area contributed by atoms with Crippen LogP contribution in [0.3, 0.4) is 0 Å². The number of carbonyl (C=O) groups excluding carboxylic acids is 1. The second kappa shape index (κ2) is 4.47. The van der Waals surface area contributed by atoms with Crippen molar-refractivity contribution < 1.29 is 4.79 Å². The van der Waals surface area contributed by atoms with Gasteiger partial charge in [-0.15, -0.1) is 0 Å². The van der Waals surface area contributed by atoms with Crippen molar-refractivity contribution in [3.8, 4) is 0 Å². The summed E-state index contributed by atoms with van der Waals surface area (Å²) in [5.74, 6) is -0.213. The van der Waals surface area contributed by atoms with Crippen LogP contribution < -0.4 is 5.32 Å². The van der Waals surface area contributed by atoms with Gasteiger partial charge in [0, 0.05) is 5.69 Å². The first-order chi connectivity index (χ1) is 9.15. The highest BCUT2D eigenvalue weighted by molar-refractivity contribution is 7.14. The van der Waals surface area contributed by atoms with Crippen molar-refractivity contribution in [2.45, 2.75) is 13.8 Å². The lowest BCUT2D eigenvalue weighted by molar-refractivity contribution is 0.102. The second-order valence-electron chi connectivity index (χ2n) is 4.31. The smallest absolute Gasteiger partial charge is 0.276 e. The number of hydrogen-bond acceptors (Lipinski definition) is 4. The molecule has 0 atom stereocenters. The fourth-order valence-corrected chi connectivity index (χ4v) is 2.54. The van der Waals surface area contributed by atoms with E-state index in [1.54, 1.807) is 16.2 Å². The standard InChI is InChI=1S/C13H12N4OS/c1-8-4-3-5-9(2)11(8)16-12(18)10-6-17-13(15-10)19-7-14-17/h3-7H,1-2H3,(H,16,18). The number of benzene rings is 1. The minimum Gasteiger partial charge on any atom is -0.320 e. The maximum Gasteiger partial charge on any atom is 0.276 e. The number of hydrogen-bond donors (Lipinski definition) is 1. The highest BCUT2D eigenvalue weighted by Crippen LogP contribution is 2.20. The van der Waals surface area contributed by atoms with E-state index in [2.05, 4.69) is 15.4 Å². The second-order valence-corrected chi connectivity index (χ2v) is 5.12. The van der Waals surface area contributed by atoms with Gasteiger partial charge in [0.2, 0.25) is 4.96 Å². The molecule has 5 nitrogen and oxygen atoms in total. The average Bonchev–Trinajstić information content (AvgIpc) is 2.94. The molecule has 0 saturated carbocycles. The lowest BCUT2D eigenvalue weighted by Gasteiger charge is -2.09. The van der Waals surface area contributed by atoms with E-state index >= 15 is 0 Å². The van der Waals surface area contributed by atoms with Crippen LogP contribution in [0.2, 0.25) is 0 Å². The van der Waals surface area contributed by atoms with Crippen LogP contribution in [0.15, 0.2) is 29.9 Å². The molecule has 3 rings (SSSR count). The summed E-state index contributed by atoms with van der Waals surface area (Å²) in [7, 11) is 0. The minimum absolute atomic E-state index is 0.213. The van der Waals surface area contributed by atoms with Crippen LogP contribution in [0.1, 0.15) is 21.6 Å². The molecule has 0 aliphatic rings. The number of carbonyl (C=O) groups is 1. The van der Waals surface area contributed by atoms with Crippen LogP contribution in [-0.2, 0) is 0 Å². The molecule has 2 aromatic heterocycles. The zero-order chi connectivity index (χ0) is 13.4. The quantitative estimate of drug-likeness (QED) is 0.780. The predicted molar refractivity (Wildman–Crippen MR) is 74.7 cm³/mol. The molecule has 3 aromatic rings. The predicted octanol–water partition coefficient (Wildman–Crippen LogP) is 2.66. The average molecular weight is 272 g/mol. The van der Waals surface area contributed by atoms with Gasteiger partial charge in [-0.3, -0.25) is 4.79 Å². The van der Waals surface area contributed by atoms with Crippen LogP contribution in [0, 0.1) is 13.8 Å². The van der Waals surface area contributed by atoms with Gasteiger partial charge in [0.05, 0.1) is 6.20 Å². The van der Waals surface area contributed by atoms with Gasteiger partial charge in [0.25, 0.3) is 5.91 Å². The molecule has 0 radical (unpaired) electrons. The van der Waals surface area contributed by atoms with Crippen molar-refractivity contribution in [1.82, 2.24) is 14.6 Å². The first kappa shape index (κ1) is 11.9. The van der Waals surface area contributed by atoms with Crippen LogP contribution in [0.5, 0.6) is 0 Å². The first-order valence-electron chi connectivity index (χ1n) is 5.81. The third-order valence-corrected chi connectivity index (χ3v) is 3.63. The normalized spacial score (nSPS) is 10.8. The Balaban J connectivity index is 1.91. The summed E-state index contributed by atoms with van der Waals surface area (Å²) < 4.78 is 1.60. The molecule has 1 N–H and O–H groups in total. The number of para-hydroxylation sites is 1. The Kier molecular flexibility index (Phi) is 2.79. The molecule has 0 aliphatic heterocycles. The highest BCUT2D eigenvalue weighted by Gasteiger charge is 2.14. The van der Waals surface area contributed by atoms with Gasteiger partial charge in [-0.1, -0.05) is 29.5 Å². The van der Waals surface area contributed by atoms with E-state index in [4.69, 9.17) is 0 Å². The van der Waals surface area contributed by atoms with Crippen LogP contribution in [0.25, 0.3) is 4.96 Å². The largest absolute Gasteiger partial charge is 0.320 e. The lowest BCUT2D eigenvalue weighted by Crippen LogP contribution is -2.14. The number of fused-ring (bicyclic) bond motifs is 1. The summed E-state index contributed by atoms with van der Waals surface area (Å²) in [5.41, 5.74) is 4.98. The monoisotopic (exact) mass is 272 g/mol. The summed E-state index contributed by atoms with van der Waals surface area (Å²) in [6, 6.07) is 5.91. The first-order valence-corrected chi connectivity index (χ1v) is 6.69. The van der Waals surface area contributed by atoms with Gasteiger partial charge in [-0.2, -0.15) is 5.10 Å². The minimum atomic E-state index is -0.213. The van der Waals surface area contributed by atoms with Crippen molar-refractivity contribution in [3.63, 3.8) is 0 Å². The van der Waals surface area contributed by atoms with E-state index in [0.29, 0.717) is 10.7 Å². The van der Waals surface area contributed by atoms with Crippen molar-refractivity contribution in [1.29, 1.82) is 0 Å². The molecule has 0 saturated heterocycles. The third-order valence-electron chi connectivity index (χ3n) is 2.94. The summed E-state index contributed by atoms with van der Waals surface area (Å²) >= 11 is 1.40. The van der Waals surface area contributed by atoms with E-state index in [-0.39, 0.29) is 5.91 Å². The van der Waals surface area contributed by atoms with Gasteiger partial charge < -0.3 is 5.32 Å². The van der Waals surface area contributed by atoms with Crippen molar-refractivity contribution in [2.24, 2.45) is 0 Å². The van der Waals surface area contributed by atoms with Crippen LogP contribution in [0.4, 0.5) is 5.69 Å². The Bertz CT molecular complexity index is 710. The molecule has 0 unspecified atom stereocenters. The molecule has 0 fully saturated rings. The molecule has 0 bridgehead atoms. The van der Waals surface area contributed by atoms with E-state index in [1.807, 2.05) is 32.0 Å². The highest BCUT2D eigenvalue weighted by atomic mass is 32.1. The number of imidazole rings is 1. The van der Waals surface area contributed by atoms with Crippen molar-refractivity contribution >= 4 is 27.9 Å². The number of amides is 1. The third kappa shape index (κ3) is 2.10. The van der Waals surface area contributed by atoms with Crippen molar-refractivity contribution in [2.75, 3.05) is 5.32 Å². The van der Waals surface area contributed by atoms with Crippen LogP contribution in [-0.4, -0.2) is 20.5 Å². The van der Waals surface area contributed by atoms with Gasteiger partial charge in [0.15, 0.2) is 0 Å². The lowest BCUT2D eigenvalue weighted by atomic mass is 10.1. The summed E-state index contributed by atoms with van der Waals surface area (Å²) in [5, 5.41) is 6.96. The topological polar surface area (TPSA) is 59.3 Å². The molecule has 2 heterocycles. The Morgan fingerprint density at radius 2 is 2.05 bits per heavy atom. The van der Waals surface area contributed by atoms with Crippen molar-refractivity contribution in [3.05, 3.63) is 46.7 Å². The van der Waals surface area contributed by atoms with E-state index in [0.717, 1.165) is 16.8 Å². The SMILES string of the molecule is Cc1cccc(C)c1NC(=O)c1cn2ncsc2n1. The fraction of sp³-hybridized carbons (Fsp3) is 0.154. The molecule has 0 aliphatic carbocycles. The molecule has 0 spiro atoms. The summed E-state index contributed by atoms with van der Waals surface area (Å²) in [4.78, 5) is 17.1. The molecule has 96 valence electrons. The van der Waals surface area contributed by atoms with E-state index < -0.39 is 0 Å².